The highest BCUT2D eigenvalue weighted by Crippen LogP contribution is 2.15. The molecule has 1 fully saturated rings. The Morgan fingerprint density at radius 2 is 2.15 bits per heavy atom. The summed E-state index contributed by atoms with van der Waals surface area (Å²) in [5.41, 5.74) is 0.330. The van der Waals surface area contributed by atoms with E-state index in [2.05, 4.69) is 10.0 Å². The van der Waals surface area contributed by atoms with Crippen LogP contribution in [0.5, 0.6) is 0 Å². The maximum absolute atomic E-state index is 12.4. The van der Waals surface area contributed by atoms with Crippen LogP contribution in [0.3, 0.4) is 0 Å². The van der Waals surface area contributed by atoms with E-state index in [1.54, 1.807) is 23.5 Å². The second-order valence-corrected chi connectivity index (χ2v) is 8.90. The second kappa shape index (κ2) is 8.77. The molecule has 1 aromatic carbocycles. The molecule has 2 heterocycles. The lowest BCUT2D eigenvalue weighted by molar-refractivity contribution is 0.0954. The van der Waals surface area contributed by atoms with Gasteiger partial charge in [0.1, 0.15) is 0 Å². The molecule has 1 amide bonds. The monoisotopic (exact) mass is 394 g/mol. The zero-order valence-corrected chi connectivity index (χ0v) is 15.9. The average molecular weight is 395 g/mol. The van der Waals surface area contributed by atoms with Crippen LogP contribution in [0.25, 0.3) is 0 Å². The lowest BCUT2D eigenvalue weighted by atomic mass is 10.2. The van der Waals surface area contributed by atoms with Crippen molar-refractivity contribution >= 4 is 27.3 Å². The van der Waals surface area contributed by atoms with Crippen molar-refractivity contribution in [3.8, 4) is 0 Å². The van der Waals surface area contributed by atoms with Crippen LogP contribution < -0.4 is 10.0 Å². The standard InChI is InChI=1S/C18H22N2O4S2/c21-18(19-9-8-16-6-3-11-25-16)14-4-1-7-17(12-14)26(22,23)20-13-15-5-2-10-24-15/h1,3-4,6-7,11-12,15,20H,2,5,8-10,13H2,(H,19,21). The molecule has 1 atom stereocenters. The Hall–Kier alpha value is -1.74. The molecule has 0 radical (unpaired) electrons. The predicted octanol–water partition coefficient (Wildman–Crippen LogP) is 2.18. The number of ether oxygens (including phenoxy) is 1. The fraction of sp³-hybridized carbons (Fsp3) is 0.389. The molecule has 8 heteroatoms. The number of hydrogen-bond donors (Lipinski definition) is 2. The Morgan fingerprint density at radius 1 is 1.27 bits per heavy atom. The zero-order valence-electron chi connectivity index (χ0n) is 14.3. The van der Waals surface area contributed by atoms with E-state index in [9.17, 15) is 13.2 Å². The van der Waals surface area contributed by atoms with E-state index >= 15 is 0 Å². The number of nitrogens with one attached hydrogen (secondary N) is 2. The fourth-order valence-electron chi connectivity index (χ4n) is 2.75. The van der Waals surface area contributed by atoms with E-state index in [4.69, 9.17) is 4.74 Å². The van der Waals surface area contributed by atoms with Gasteiger partial charge in [0.05, 0.1) is 11.0 Å². The third-order valence-electron chi connectivity index (χ3n) is 4.17. The molecular weight excluding hydrogens is 372 g/mol. The molecule has 0 spiro atoms. The number of thiophene rings is 1. The number of carbonyl (C=O) groups excluding carboxylic acids is 1. The fourth-order valence-corrected chi connectivity index (χ4v) is 4.57. The first-order chi connectivity index (χ1) is 12.5. The third kappa shape index (κ3) is 5.14. The van der Waals surface area contributed by atoms with Gasteiger partial charge in [0.25, 0.3) is 5.91 Å². The van der Waals surface area contributed by atoms with Gasteiger partial charge >= 0.3 is 0 Å². The number of carbonyl (C=O) groups is 1. The van der Waals surface area contributed by atoms with Gasteiger partial charge in [-0.15, -0.1) is 11.3 Å². The maximum atomic E-state index is 12.4. The average Bonchev–Trinajstić information content (AvgIpc) is 3.34. The number of amides is 1. The minimum atomic E-state index is -3.67. The topological polar surface area (TPSA) is 84.5 Å². The molecular formula is C18H22N2O4S2. The van der Waals surface area contributed by atoms with Gasteiger partial charge in [-0.1, -0.05) is 12.1 Å². The minimum absolute atomic E-state index is 0.0755. The summed E-state index contributed by atoms with van der Waals surface area (Å²) in [6, 6.07) is 10.1. The lowest BCUT2D eigenvalue weighted by Crippen LogP contribution is -2.32. The van der Waals surface area contributed by atoms with Crippen LogP contribution in [0.4, 0.5) is 0 Å². The molecule has 1 unspecified atom stereocenters. The zero-order chi connectivity index (χ0) is 18.4. The van der Waals surface area contributed by atoms with Gasteiger partial charge in [-0.05, 0) is 48.9 Å². The molecule has 0 saturated carbocycles. The molecule has 1 aliphatic rings. The summed E-state index contributed by atoms with van der Waals surface area (Å²) in [6.07, 6.45) is 2.49. The van der Waals surface area contributed by atoms with Crippen LogP contribution in [0, 0.1) is 0 Å². The summed E-state index contributed by atoms with van der Waals surface area (Å²) in [7, 11) is -3.67. The van der Waals surface area contributed by atoms with Gasteiger partial charge in [-0.25, -0.2) is 13.1 Å². The quantitative estimate of drug-likeness (QED) is 0.719. The van der Waals surface area contributed by atoms with Crippen LogP contribution in [-0.4, -0.2) is 40.1 Å². The SMILES string of the molecule is O=C(NCCc1cccs1)c1cccc(S(=O)(=O)NCC2CCCO2)c1. The van der Waals surface area contributed by atoms with Crippen LogP contribution in [0.2, 0.25) is 0 Å². The lowest BCUT2D eigenvalue weighted by Gasteiger charge is -2.12. The van der Waals surface area contributed by atoms with Crippen LogP contribution >= 0.6 is 11.3 Å². The van der Waals surface area contributed by atoms with Crippen molar-refractivity contribution < 1.29 is 17.9 Å². The molecule has 1 aromatic heterocycles. The Bertz CT molecular complexity index is 829. The van der Waals surface area contributed by atoms with Crippen molar-refractivity contribution in [1.29, 1.82) is 0 Å². The highest BCUT2D eigenvalue weighted by molar-refractivity contribution is 7.89. The molecule has 1 saturated heterocycles. The molecule has 0 aliphatic carbocycles. The van der Waals surface area contributed by atoms with Crippen molar-refractivity contribution in [2.45, 2.75) is 30.3 Å². The summed E-state index contributed by atoms with van der Waals surface area (Å²) in [5, 5.41) is 4.82. The molecule has 140 valence electrons. The van der Waals surface area contributed by atoms with Gasteiger partial charge in [0.15, 0.2) is 0 Å². The van der Waals surface area contributed by atoms with E-state index < -0.39 is 10.0 Å². The van der Waals surface area contributed by atoms with Crippen molar-refractivity contribution in [2.75, 3.05) is 19.7 Å². The number of sulfonamides is 1. The number of hydrogen-bond acceptors (Lipinski definition) is 5. The minimum Gasteiger partial charge on any atom is -0.377 e. The normalized spacial score (nSPS) is 17.3. The third-order valence-corrected chi connectivity index (χ3v) is 6.53. The summed E-state index contributed by atoms with van der Waals surface area (Å²) >= 11 is 1.64. The summed E-state index contributed by atoms with van der Waals surface area (Å²) in [6.45, 7) is 1.43. The predicted molar refractivity (Wildman–Crippen MR) is 101 cm³/mol. The molecule has 2 aromatic rings. The van der Waals surface area contributed by atoms with Gasteiger partial charge in [-0.3, -0.25) is 4.79 Å². The Labute approximate surface area is 157 Å². The Kier molecular flexibility index (Phi) is 6.42. The van der Waals surface area contributed by atoms with Crippen LogP contribution in [0.1, 0.15) is 28.1 Å². The summed E-state index contributed by atoms with van der Waals surface area (Å²) < 4.78 is 32.9. The number of benzene rings is 1. The molecule has 1 aliphatic heterocycles. The van der Waals surface area contributed by atoms with Crippen molar-refractivity contribution in [2.24, 2.45) is 0 Å². The van der Waals surface area contributed by atoms with E-state index in [0.29, 0.717) is 18.7 Å². The highest BCUT2D eigenvalue weighted by atomic mass is 32.2. The van der Waals surface area contributed by atoms with Crippen LogP contribution in [0.15, 0.2) is 46.7 Å². The van der Waals surface area contributed by atoms with Crippen LogP contribution in [-0.2, 0) is 21.2 Å². The number of rotatable bonds is 8. The maximum Gasteiger partial charge on any atom is 0.251 e. The summed E-state index contributed by atoms with van der Waals surface area (Å²) in [5.74, 6) is -0.280. The first kappa shape index (κ1) is 19.0. The van der Waals surface area contributed by atoms with E-state index in [-0.39, 0.29) is 23.5 Å². The van der Waals surface area contributed by atoms with Gasteiger partial charge in [0.2, 0.25) is 10.0 Å². The van der Waals surface area contributed by atoms with Crippen molar-refractivity contribution in [1.82, 2.24) is 10.0 Å². The highest BCUT2D eigenvalue weighted by Gasteiger charge is 2.21. The van der Waals surface area contributed by atoms with E-state index in [1.165, 1.54) is 17.0 Å². The largest absolute Gasteiger partial charge is 0.377 e. The Balaban J connectivity index is 1.58. The van der Waals surface area contributed by atoms with Crippen molar-refractivity contribution in [3.63, 3.8) is 0 Å². The molecule has 26 heavy (non-hydrogen) atoms. The van der Waals surface area contributed by atoms with Crippen molar-refractivity contribution in [3.05, 3.63) is 52.2 Å². The smallest absolute Gasteiger partial charge is 0.251 e. The van der Waals surface area contributed by atoms with E-state index in [0.717, 1.165) is 19.3 Å². The molecule has 6 nitrogen and oxygen atoms in total. The first-order valence-corrected chi connectivity index (χ1v) is 10.9. The Morgan fingerprint density at radius 3 is 2.88 bits per heavy atom. The first-order valence-electron chi connectivity index (χ1n) is 8.56. The second-order valence-electron chi connectivity index (χ2n) is 6.10. The molecule has 0 bridgehead atoms. The van der Waals surface area contributed by atoms with Gasteiger partial charge in [0, 0.05) is 30.1 Å². The molecule has 3 rings (SSSR count). The van der Waals surface area contributed by atoms with Gasteiger partial charge < -0.3 is 10.1 Å². The molecule has 2 N–H and O–H groups in total. The van der Waals surface area contributed by atoms with Gasteiger partial charge in [-0.2, -0.15) is 0 Å². The summed E-state index contributed by atoms with van der Waals surface area (Å²) in [4.78, 5) is 13.6. The van der Waals surface area contributed by atoms with E-state index in [1.807, 2.05) is 17.5 Å².